The molecule has 2 aromatic heterocycles. The Balaban J connectivity index is 2.04. The van der Waals surface area contributed by atoms with Crippen LogP contribution in [0.1, 0.15) is 25.3 Å². The van der Waals surface area contributed by atoms with Crippen LogP contribution in [0.5, 0.6) is 0 Å². The molecule has 3 rings (SSSR count). The van der Waals surface area contributed by atoms with E-state index < -0.39 is 17.5 Å². The summed E-state index contributed by atoms with van der Waals surface area (Å²) in [7, 11) is 0. The molecular formula is C15H14F3N5O3. The number of hydrogen-bond acceptors (Lipinski definition) is 7. The maximum atomic E-state index is 12.9. The molecular weight excluding hydrogens is 355 g/mol. The summed E-state index contributed by atoms with van der Waals surface area (Å²) < 4.78 is 49.0. The van der Waals surface area contributed by atoms with E-state index in [1.807, 2.05) is 6.92 Å². The van der Waals surface area contributed by atoms with Gasteiger partial charge in [0.25, 0.3) is 0 Å². The predicted octanol–water partition coefficient (Wildman–Crippen LogP) is 3.11. The van der Waals surface area contributed by atoms with Crippen LogP contribution >= 0.6 is 0 Å². The topological polar surface area (TPSA) is 99.0 Å². The van der Waals surface area contributed by atoms with Gasteiger partial charge in [-0.1, -0.05) is 24.6 Å². The number of benzene rings is 1. The summed E-state index contributed by atoms with van der Waals surface area (Å²) in [5.41, 5.74) is -0.915. The van der Waals surface area contributed by atoms with E-state index in [4.69, 9.17) is 0 Å². The first-order valence-corrected chi connectivity index (χ1v) is 7.75. The van der Waals surface area contributed by atoms with Crippen molar-refractivity contribution in [1.82, 2.24) is 20.0 Å². The zero-order valence-electron chi connectivity index (χ0n) is 13.6. The molecule has 8 nitrogen and oxygen atoms in total. The van der Waals surface area contributed by atoms with Crippen LogP contribution in [0.3, 0.4) is 0 Å². The quantitative estimate of drug-likeness (QED) is 0.667. The van der Waals surface area contributed by atoms with Crippen LogP contribution in [0, 0.1) is 0 Å². The summed E-state index contributed by atoms with van der Waals surface area (Å²) in [5.74, 6) is -0.858. The van der Waals surface area contributed by atoms with Crippen LogP contribution in [0.15, 0.2) is 38.2 Å². The largest absolute Gasteiger partial charge is 0.446 e. The van der Waals surface area contributed by atoms with E-state index in [1.165, 1.54) is 12.1 Å². The molecule has 1 aromatic carbocycles. The molecule has 138 valence electrons. The molecule has 0 fully saturated rings. The zero-order chi connectivity index (χ0) is 18.7. The van der Waals surface area contributed by atoms with Crippen molar-refractivity contribution in [2.24, 2.45) is 0 Å². The average molecular weight is 369 g/mol. The normalized spacial score (nSPS) is 11.7. The highest BCUT2D eigenvalue weighted by molar-refractivity contribution is 5.66. The van der Waals surface area contributed by atoms with E-state index in [9.17, 15) is 18.0 Å². The number of halogens is 3. The minimum Gasteiger partial charge on any atom is -0.365 e. The van der Waals surface area contributed by atoms with Gasteiger partial charge in [-0.15, -0.1) is 0 Å². The third-order valence-corrected chi connectivity index (χ3v) is 3.56. The van der Waals surface area contributed by atoms with Crippen LogP contribution in [0.2, 0.25) is 0 Å². The van der Waals surface area contributed by atoms with E-state index in [2.05, 4.69) is 29.9 Å². The third kappa shape index (κ3) is 3.46. The average Bonchev–Trinajstić information content (AvgIpc) is 3.20. The summed E-state index contributed by atoms with van der Waals surface area (Å²) in [6.45, 7) is 2.58. The summed E-state index contributed by atoms with van der Waals surface area (Å²) in [6.07, 6.45) is -2.77. The van der Waals surface area contributed by atoms with Crippen LogP contribution in [-0.4, -0.2) is 26.6 Å². The lowest BCUT2D eigenvalue weighted by atomic mass is 10.2. The van der Waals surface area contributed by atoms with Crippen molar-refractivity contribution >= 4 is 5.82 Å². The Morgan fingerprint density at radius 3 is 2.77 bits per heavy atom. The number of alkyl halides is 3. The molecule has 3 aromatic rings. The van der Waals surface area contributed by atoms with Crippen molar-refractivity contribution in [2.75, 3.05) is 11.9 Å². The molecule has 2 heterocycles. The molecule has 0 aliphatic rings. The van der Waals surface area contributed by atoms with Crippen molar-refractivity contribution in [3.8, 4) is 17.2 Å². The lowest BCUT2D eigenvalue weighted by Gasteiger charge is -2.09. The van der Waals surface area contributed by atoms with E-state index in [0.29, 0.717) is 6.54 Å². The highest BCUT2D eigenvalue weighted by Gasteiger charge is 2.31. The Morgan fingerprint density at radius 1 is 1.23 bits per heavy atom. The number of hydrogen-bond donors (Lipinski definition) is 1. The molecule has 26 heavy (non-hydrogen) atoms. The van der Waals surface area contributed by atoms with Crippen molar-refractivity contribution in [2.45, 2.75) is 25.9 Å². The first-order valence-electron chi connectivity index (χ1n) is 7.75. The highest BCUT2D eigenvalue weighted by Crippen LogP contribution is 2.31. The molecule has 0 aliphatic carbocycles. The molecule has 0 atom stereocenters. The van der Waals surface area contributed by atoms with Gasteiger partial charge in [0.15, 0.2) is 5.69 Å². The van der Waals surface area contributed by atoms with Gasteiger partial charge in [0, 0.05) is 6.54 Å². The van der Waals surface area contributed by atoms with Gasteiger partial charge < -0.3 is 5.32 Å². The molecule has 0 saturated carbocycles. The molecule has 0 saturated heterocycles. The predicted molar refractivity (Wildman–Crippen MR) is 83.8 cm³/mol. The maximum Gasteiger partial charge on any atom is 0.446 e. The number of unbranched alkanes of at least 4 members (excludes halogenated alkanes) is 1. The smallest absolute Gasteiger partial charge is 0.365 e. The molecule has 0 amide bonds. The van der Waals surface area contributed by atoms with Gasteiger partial charge >= 0.3 is 11.9 Å². The van der Waals surface area contributed by atoms with Crippen LogP contribution in [0.4, 0.5) is 19.0 Å². The van der Waals surface area contributed by atoms with Gasteiger partial charge in [0.05, 0.1) is 11.3 Å². The fourth-order valence-electron chi connectivity index (χ4n) is 2.28. The number of aromatic nitrogens is 4. The van der Waals surface area contributed by atoms with E-state index in [1.54, 1.807) is 0 Å². The van der Waals surface area contributed by atoms with Crippen molar-refractivity contribution < 1.29 is 22.3 Å². The SMILES string of the molecule is CCCCNc1nonc1-c1noc(=O)n1-c1cccc(C(F)(F)F)c1. The fourth-order valence-corrected chi connectivity index (χ4v) is 2.28. The molecule has 0 aliphatic heterocycles. The maximum absolute atomic E-state index is 12.9. The molecule has 11 heteroatoms. The van der Waals surface area contributed by atoms with Gasteiger partial charge in [-0.05, 0) is 34.9 Å². The van der Waals surface area contributed by atoms with Crippen LogP contribution in [-0.2, 0) is 6.18 Å². The number of anilines is 1. The standard InChI is InChI=1S/C15H14F3N5O3/c1-2-3-7-19-12-11(20-26-21-12)13-22-25-14(24)23(13)10-6-4-5-9(8-10)15(16,17)18/h4-6,8H,2-3,7H2,1H3,(H,19,21). The monoisotopic (exact) mass is 369 g/mol. The number of rotatable bonds is 6. The lowest BCUT2D eigenvalue weighted by molar-refractivity contribution is -0.137. The first-order chi connectivity index (χ1) is 12.4. The van der Waals surface area contributed by atoms with Gasteiger partial charge in [0.2, 0.25) is 11.6 Å². The summed E-state index contributed by atoms with van der Waals surface area (Å²) in [5, 5.41) is 14.0. The number of nitrogens with one attached hydrogen (secondary N) is 1. The van der Waals surface area contributed by atoms with Gasteiger partial charge in [-0.2, -0.15) is 13.2 Å². The van der Waals surface area contributed by atoms with Crippen LogP contribution < -0.4 is 11.1 Å². The minimum atomic E-state index is -4.56. The van der Waals surface area contributed by atoms with E-state index in [-0.39, 0.29) is 23.0 Å². The van der Waals surface area contributed by atoms with Crippen molar-refractivity contribution in [1.29, 1.82) is 0 Å². The Bertz CT molecular complexity index is 944. The molecule has 0 spiro atoms. The lowest BCUT2D eigenvalue weighted by Crippen LogP contribution is -2.15. The number of nitrogens with zero attached hydrogens (tertiary/aromatic N) is 4. The third-order valence-electron chi connectivity index (χ3n) is 3.56. The van der Waals surface area contributed by atoms with Gasteiger partial charge in [0.1, 0.15) is 0 Å². The summed E-state index contributed by atoms with van der Waals surface area (Å²) in [4.78, 5) is 12.0. The summed E-state index contributed by atoms with van der Waals surface area (Å²) >= 11 is 0. The second-order valence-corrected chi connectivity index (χ2v) is 5.40. The second kappa shape index (κ2) is 7.02. The van der Waals surface area contributed by atoms with E-state index >= 15 is 0 Å². The Kier molecular flexibility index (Phi) is 4.78. The first kappa shape index (κ1) is 17.7. The summed E-state index contributed by atoms with van der Waals surface area (Å²) in [6, 6.07) is 4.23. The van der Waals surface area contributed by atoms with Gasteiger partial charge in [-0.3, -0.25) is 4.52 Å². The van der Waals surface area contributed by atoms with Crippen molar-refractivity contribution in [3.05, 3.63) is 40.4 Å². The van der Waals surface area contributed by atoms with Gasteiger partial charge in [-0.25, -0.2) is 14.0 Å². The molecule has 0 radical (unpaired) electrons. The fraction of sp³-hybridized carbons (Fsp3) is 0.333. The van der Waals surface area contributed by atoms with Crippen molar-refractivity contribution in [3.63, 3.8) is 0 Å². The van der Waals surface area contributed by atoms with E-state index in [0.717, 1.165) is 29.5 Å². The second-order valence-electron chi connectivity index (χ2n) is 5.40. The molecule has 0 bridgehead atoms. The minimum absolute atomic E-state index is 0.0596. The van der Waals surface area contributed by atoms with Crippen LogP contribution in [0.25, 0.3) is 17.2 Å². The Hall–Kier alpha value is -3.11. The Morgan fingerprint density at radius 2 is 2.04 bits per heavy atom. The highest BCUT2D eigenvalue weighted by atomic mass is 19.4. The molecule has 0 unspecified atom stereocenters. The Labute approximate surface area is 144 Å². The zero-order valence-corrected chi connectivity index (χ0v) is 13.6. The molecule has 1 N–H and O–H groups in total.